The van der Waals surface area contributed by atoms with Crippen LogP contribution < -0.4 is 0 Å². The number of carboxylic acid groups (broad SMARTS) is 1. The standard InChI is InChI=1S/C14H9NO3/c16-13-10-4-2-1-3-9(10)11-7-8(14(17)18)5-6-12(11)15-13/h1-8H,(H,17,18). The van der Waals surface area contributed by atoms with Gasteiger partial charge in [0.2, 0.25) is 0 Å². The third kappa shape index (κ3) is 1.50. The third-order valence-electron chi connectivity index (χ3n) is 3.04. The van der Waals surface area contributed by atoms with E-state index in [4.69, 9.17) is 5.11 Å². The molecule has 1 unspecified atom stereocenters. The molecule has 1 heterocycles. The zero-order chi connectivity index (χ0) is 12.7. The van der Waals surface area contributed by atoms with E-state index in [9.17, 15) is 9.59 Å². The van der Waals surface area contributed by atoms with Gasteiger partial charge in [-0.05, 0) is 17.7 Å². The second-order valence-corrected chi connectivity index (χ2v) is 4.15. The van der Waals surface area contributed by atoms with Crippen molar-refractivity contribution in [1.82, 2.24) is 0 Å². The molecule has 0 radical (unpaired) electrons. The van der Waals surface area contributed by atoms with Gasteiger partial charge >= 0.3 is 5.97 Å². The van der Waals surface area contributed by atoms with E-state index in [0.717, 1.165) is 11.1 Å². The van der Waals surface area contributed by atoms with Crippen molar-refractivity contribution in [3.05, 3.63) is 53.6 Å². The molecule has 4 nitrogen and oxygen atoms in total. The zero-order valence-electron chi connectivity index (χ0n) is 9.33. The zero-order valence-corrected chi connectivity index (χ0v) is 9.33. The van der Waals surface area contributed by atoms with Crippen LogP contribution in [0.5, 0.6) is 0 Å². The Bertz CT molecular complexity index is 653. The van der Waals surface area contributed by atoms with Gasteiger partial charge in [-0.3, -0.25) is 9.59 Å². The molecule has 0 fully saturated rings. The van der Waals surface area contributed by atoms with Crippen LogP contribution in [0.1, 0.15) is 15.9 Å². The number of carboxylic acids is 1. The summed E-state index contributed by atoms with van der Waals surface area (Å²) in [6.07, 6.45) is 4.76. The molecule has 0 aromatic heterocycles. The number of aliphatic carboxylic acids is 1. The maximum Gasteiger partial charge on any atom is 0.314 e. The number of benzene rings is 1. The lowest BCUT2D eigenvalue weighted by Gasteiger charge is -2.20. The maximum atomic E-state index is 11.8. The first-order chi connectivity index (χ1) is 8.66. The summed E-state index contributed by atoms with van der Waals surface area (Å²) in [6.45, 7) is 0. The molecule has 1 aromatic rings. The Morgan fingerprint density at radius 3 is 2.67 bits per heavy atom. The van der Waals surface area contributed by atoms with Gasteiger partial charge in [0, 0.05) is 11.1 Å². The summed E-state index contributed by atoms with van der Waals surface area (Å²) < 4.78 is 0. The molecule has 0 spiro atoms. The highest BCUT2D eigenvalue weighted by atomic mass is 16.4. The van der Waals surface area contributed by atoms with Crippen molar-refractivity contribution in [1.29, 1.82) is 0 Å². The van der Waals surface area contributed by atoms with Crippen LogP contribution in [-0.2, 0) is 4.79 Å². The molecule has 3 rings (SSSR count). The monoisotopic (exact) mass is 239 g/mol. The van der Waals surface area contributed by atoms with Crippen molar-refractivity contribution >= 4 is 23.2 Å². The number of fused-ring (bicyclic) bond motifs is 3. The average molecular weight is 239 g/mol. The van der Waals surface area contributed by atoms with Crippen LogP contribution in [0.2, 0.25) is 0 Å². The van der Waals surface area contributed by atoms with Crippen LogP contribution in [0, 0.1) is 5.92 Å². The lowest BCUT2D eigenvalue weighted by atomic mass is 9.86. The highest BCUT2D eigenvalue weighted by molar-refractivity contribution is 6.36. The Balaban J connectivity index is 2.19. The number of rotatable bonds is 1. The van der Waals surface area contributed by atoms with Gasteiger partial charge in [0.15, 0.2) is 0 Å². The predicted octanol–water partition coefficient (Wildman–Crippen LogP) is 1.94. The molecular weight excluding hydrogens is 230 g/mol. The van der Waals surface area contributed by atoms with Crippen LogP contribution in [0.4, 0.5) is 0 Å². The maximum absolute atomic E-state index is 11.8. The lowest BCUT2D eigenvalue weighted by Crippen LogP contribution is -2.20. The van der Waals surface area contributed by atoms with E-state index < -0.39 is 11.9 Å². The van der Waals surface area contributed by atoms with Crippen molar-refractivity contribution in [2.24, 2.45) is 10.9 Å². The van der Waals surface area contributed by atoms with E-state index in [2.05, 4.69) is 4.99 Å². The number of hydrogen-bond acceptors (Lipinski definition) is 2. The van der Waals surface area contributed by atoms with Gasteiger partial charge in [0.25, 0.3) is 5.91 Å². The molecule has 0 saturated heterocycles. The predicted molar refractivity (Wildman–Crippen MR) is 66.5 cm³/mol. The van der Waals surface area contributed by atoms with E-state index in [1.165, 1.54) is 6.08 Å². The topological polar surface area (TPSA) is 66.7 Å². The Morgan fingerprint density at radius 1 is 1.22 bits per heavy atom. The SMILES string of the molecule is O=C1N=C2C=CC(C(=O)O)C=C2c2ccccc21. The molecular formula is C14H9NO3. The smallest absolute Gasteiger partial charge is 0.314 e. The van der Waals surface area contributed by atoms with Crippen LogP contribution in [-0.4, -0.2) is 22.7 Å². The van der Waals surface area contributed by atoms with Crippen molar-refractivity contribution in [2.75, 3.05) is 0 Å². The van der Waals surface area contributed by atoms with E-state index in [-0.39, 0.29) is 5.91 Å². The van der Waals surface area contributed by atoms with Crippen molar-refractivity contribution in [3.63, 3.8) is 0 Å². The molecule has 4 heteroatoms. The molecule has 0 saturated carbocycles. The molecule has 0 bridgehead atoms. The molecule has 1 amide bonds. The number of hydrogen-bond donors (Lipinski definition) is 1. The van der Waals surface area contributed by atoms with Crippen molar-refractivity contribution < 1.29 is 14.7 Å². The van der Waals surface area contributed by atoms with Gasteiger partial charge in [-0.1, -0.05) is 30.4 Å². The molecule has 2 aliphatic rings. The highest BCUT2D eigenvalue weighted by Gasteiger charge is 2.26. The Kier molecular flexibility index (Phi) is 2.23. The summed E-state index contributed by atoms with van der Waals surface area (Å²) in [5, 5.41) is 9.03. The van der Waals surface area contributed by atoms with Crippen molar-refractivity contribution in [3.8, 4) is 0 Å². The van der Waals surface area contributed by atoms with Crippen LogP contribution >= 0.6 is 0 Å². The summed E-state index contributed by atoms with van der Waals surface area (Å²) >= 11 is 0. The average Bonchev–Trinajstić information content (AvgIpc) is 2.38. The molecule has 88 valence electrons. The van der Waals surface area contributed by atoms with Crippen LogP contribution in [0.3, 0.4) is 0 Å². The van der Waals surface area contributed by atoms with E-state index >= 15 is 0 Å². The molecule has 1 atom stereocenters. The lowest BCUT2D eigenvalue weighted by molar-refractivity contribution is -0.138. The Hall–Kier alpha value is -2.49. The third-order valence-corrected chi connectivity index (χ3v) is 3.04. The van der Waals surface area contributed by atoms with E-state index in [1.54, 1.807) is 24.3 Å². The van der Waals surface area contributed by atoms with Crippen LogP contribution in [0.15, 0.2) is 47.5 Å². The fourth-order valence-electron chi connectivity index (χ4n) is 2.16. The van der Waals surface area contributed by atoms with Gasteiger partial charge in [-0.25, -0.2) is 4.99 Å². The minimum atomic E-state index is -0.910. The molecule has 1 aromatic carbocycles. The number of allylic oxidation sites excluding steroid dienone is 2. The second-order valence-electron chi connectivity index (χ2n) is 4.15. The number of amides is 1. The minimum absolute atomic E-state index is 0.281. The van der Waals surface area contributed by atoms with Gasteiger partial charge in [-0.2, -0.15) is 0 Å². The fourth-order valence-corrected chi connectivity index (χ4v) is 2.16. The normalized spacial score (nSPS) is 20.7. The van der Waals surface area contributed by atoms with Crippen LogP contribution in [0.25, 0.3) is 5.57 Å². The summed E-state index contributed by atoms with van der Waals surface area (Å²) in [5.74, 6) is -1.86. The van der Waals surface area contributed by atoms with Gasteiger partial charge in [0.1, 0.15) is 0 Å². The first-order valence-electron chi connectivity index (χ1n) is 5.52. The summed E-state index contributed by atoms with van der Waals surface area (Å²) in [4.78, 5) is 26.8. The van der Waals surface area contributed by atoms with Gasteiger partial charge in [-0.15, -0.1) is 0 Å². The second kappa shape index (κ2) is 3.77. The van der Waals surface area contributed by atoms with Gasteiger partial charge < -0.3 is 5.11 Å². The summed E-state index contributed by atoms with van der Waals surface area (Å²) in [7, 11) is 0. The number of carbonyl (C=O) groups is 2. The largest absolute Gasteiger partial charge is 0.481 e. The first kappa shape index (κ1) is 10.7. The number of aliphatic imine (C=N–C) groups is 1. The van der Waals surface area contributed by atoms with E-state index in [0.29, 0.717) is 11.3 Å². The quantitative estimate of drug-likeness (QED) is 0.814. The van der Waals surface area contributed by atoms with Gasteiger partial charge in [0.05, 0.1) is 11.6 Å². The Morgan fingerprint density at radius 2 is 1.94 bits per heavy atom. The molecule has 1 aliphatic carbocycles. The first-order valence-corrected chi connectivity index (χ1v) is 5.52. The van der Waals surface area contributed by atoms with Crippen molar-refractivity contribution in [2.45, 2.75) is 0 Å². The number of carbonyl (C=O) groups excluding carboxylic acids is 1. The highest BCUT2D eigenvalue weighted by Crippen LogP contribution is 2.30. The number of nitrogens with zero attached hydrogens (tertiary/aromatic N) is 1. The fraction of sp³-hybridized carbons (Fsp3) is 0.0714. The molecule has 1 aliphatic heterocycles. The summed E-state index contributed by atoms with van der Waals surface area (Å²) in [5.41, 5.74) is 2.53. The minimum Gasteiger partial charge on any atom is -0.481 e. The Labute approximate surface area is 103 Å². The molecule has 1 N–H and O–H groups in total. The molecule has 18 heavy (non-hydrogen) atoms. The van der Waals surface area contributed by atoms with E-state index in [1.807, 2.05) is 12.1 Å². The summed E-state index contributed by atoms with van der Waals surface area (Å²) in [6, 6.07) is 7.10.